The zero-order valence-corrected chi connectivity index (χ0v) is 26.8. The summed E-state index contributed by atoms with van der Waals surface area (Å²) in [6.45, 7) is 3.40. The fraction of sp³-hybridized carbons (Fsp3) is 0.303. The summed E-state index contributed by atoms with van der Waals surface area (Å²) in [7, 11) is -2.07. The van der Waals surface area contributed by atoms with Gasteiger partial charge in [-0.1, -0.05) is 42.5 Å². The van der Waals surface area contributed by atoms with E-state index in [0.717, 1.165) is 23.4 Å². The van der Waals surface area contributed by atoms with Crippen LogP contribution in [0.1, 0.15) is 25.1 Å². The first kappa shape index (κ1) is 32.5. The van der Waals surface area contributed by atoms with Crippen LogP contribution in [0.3, 0.4) is 0 Å². The summed E-state index contributed by atoms with van der Waals surface area (Å²) in [4.78, 5) is 43.0. The Morgan fingerprint density at radius 3 is 2.33 bits per heavy atom. The molecule has 13 heteroatoms. The summed E-state index contributed by atoms with van der Waals surface area (Å²) in [5.41, 5.74) is 2.04. The van der Waals surface area contributed by atoms with Gasteiger partial charge in [0.1, 0.15) is 24.2 Å². The van der Waals surface area contributed by atoms with Gasteiger partial charge in [-0.05, 0) is 51.2 Å². The highest BCUT2D eigenvalue weighted by molar-refractivity contribution is 7.91. The minimum absolute atomic E-state index is 0.00589. The smallest absolute Gasteiger partial charge is 0.246 e. The molecule has 4 aromatic rings. The van der Waals surface area contributed by atoms with Crippen LogP contribution in [0.25, 0.3) is 16.6 Å². The number of rotatable bonds is 10. The van der Waals surface area contributed by atoms with Gasteiger partial charge in [0.05, 0.1) is 52.0 Å². The third kappa shape index (κ3) is 6.28. The summed E-state index contributed by atoms with van der Waals surface area (Å²) in [6, 6.07) is 21.8. The number of carbonyl (C=O) groups excluding carboxylic acids is 3. The van der Waals surface area contributed by atoms with E-state index < -0.39 is 45.0 Å². The van der Waals surface area contributed by atoms with Gasteiger partial charge < -0.3 is 25.2 Å². The molecule has 2 heterocycles. The number of nitriles is 1. The second-order valence-electron chi connectivity index (χ2n) is 11.6. The van der Waals surface area contributed by atoms with E-state index in [4.69, 9.17) is 5.10 Å². The number of hydrogen-bond donors (Lipinski definition) is 2. The Labute approximate surface area is 267 Å². The number of aldehydes is 1. The number of sulfone groups is 1. The molecule has 0 saturated carbocycles. The second kappa shape index (κ2) is 12.8. The van der Waals surface area contributed by atoms with Crippen LogP contribution in [-0.2, 0) is 30.8 Å². The highest BCUT2D eigenvalue weighted by Crippen LogP contribution is 2.37. The van der Waals surface area contributed by atoms with E-state index in [0.29, 0.717) is 28.3 Å². The minimum atomic E-state index is -3.70. The number of benzene rings is 3. The molecule has 1 aliphatic rings. The van der Waals surface area contributed by atoms with Crippen molar-refractivity contribution in [1.29, 1.82) is 5.26 Å². The van der Waals surface area contributed by atoms with Crippen molar-refractivity contribution in [2.45, 2.75) is 38.0 Å². The van der Waals surface area contributed by atoms with Crippen molar-refractivity contribution < 1.29 is 22.8 Å². The van der Waals surface area contributed by atoms with Crippen LogP contribution >= 0.6 is 0 Å². The van der Waals surface area contributed by atoms with E-state index in [1.165, 1.54) is 9.80 Å². The Morgan fingerprint density at radius 2 is 1.67 bits per heavy atom. The van der Waals surface area contributed by atoms with Crippen LogP contribution in [0.2, 0.25) is 0 Å². The van der Waals surface area contributed by atoms with Gasteiger partial charge in [-0.25, -0.2) is 13.1 Å². The molecule has 12 nitrogen and oxygen atoms in total. The first-order valence-corrected chi connectivity index (χ1v) is 16.7. The monoisotopic (exact) mass is 641 g/mol. The Balaban J connectivity index is 1.66. The average Bonchev–Trinajstić information content (AvgIpc) is 3.37. The largest absolute Gasteiger partial charge is 0.307 e. The molecule has 0 fully saturated rings. The molecule has 46 heavy (non-hydrogen) atoms. The molecule has 1 aromatic heterocycles. The molecule has 1 aliphatic heterocycles. The van der Waals surface area contributed by atoms with Crippen LogP contribution < -0.4 is 20.4 Å². The van der Waals surface area contributed by atoms with Crippen molar-refractivity contribution in [3.05, 3.63) is 84.1 Å². The van der Waals surface area contributed by atoms with Gasteiger partial charge in [0.15, 0.2) is 9.84 Å². The van der Waals surface area contributed by atoms with E-state index in [1.807, 2.05) is 30.3 Å². The summed E-state index contributed by atoms with van der Waals surface area (Å²) in [5.74, 6) is -1.82. The first-order valence-electron chi connectivity index (χ1n) is 14.7. The first-order chi connectivity index (χ1) is 21.9. The third-order valence-corrected chi connectivity index (χ3v) is 9.02. The van der Waals surface area contributed by atoms with Gasteiger partial charge in [0.25, 0.3) is 0 Å². The number of aromatic nitrogens is 2. The van der Waals surface area contributed by atoms with Crippen molar-refractivity contribution in [1.82, 2.24) is 20.4 Å². The van der Waals surface area contributed by atoms with Gasteiger partial charge >= 0.3 is 0 Å². The van der Waals surface area contributed by atoms with E-state index in [1.54, 1.807) is 68.0 Å². The van der Waals surface area contributed by atoms with Gasteiger partial charge in [0.2, 0.25) is 11.8 Å². The number of nitrogens with zero attached hydrogens (tertiary/aromatic N) is 5. The normalized spacial score (nSPS) is 18.0. The van der Waals surface area contributed by atoms with Crippen LogP contribution in [0.4, 0.5) is 11.4 Å². The van der Waals surface area contributed by atoms with Gasteiger partial charge in [-0.15, -0.1) is 0 Å². The van der Waals surface area contributed by atoms with Gasteiger partial charge in [-0.3, -0.25) is 9.59 Å². The van der Waals surface area contributed by atoms with Crippen molar-refractivity contribution in [2.75, 3.05) is 35.4 Å². The molecule has 0 spiro atoms. The van der Waals surface area contributed by atoms with Crippen molar-refractivity contribution in [3.8, 4) is 11.8 Å². The second-order valence-corrected chi connectivity index (χ2v) is 13.8. The highest BCUT2D eigenvalue weighted by Gasteiger charge is 2.42. The molecule has 2 N–H and O–H groups in total. The summed E-state index contributed by atoms with van der Waals surface area (Å²) in [5, 5.41) is 21.6. The van der Waals surface area contributed by atoms with Gasteiger partial charge in [0, 0.05) is 18.2 Å². The van der Waals surface area contributed by atoms with Crippen molar-refractivity contribution in [2.24, 2.45) is 0 Å². The molecular weight excluding hydrogens is 606 g/mol. The molecule has 238 valence electrons. The molecule has 5 rings (SSSR count). The number of para-hydroxylation sites is 4. The molecule has 2 amide bonds. The molecule has 0 aliphatic carbocycles. The standard InChI is InChI=1S/C33H35N7O5S/c1-22-31(36-20-33(2,21-41)35-3)32(43)38(28-15-9-10-16-29(28)39(22)30(42)19-46(4,44)45)18-25-24-12-6-8-14-27(24)40(37-25)26-13-7-5-11-23(26)17-34/h5-16,21-22,31,35-36H,18-20H2,1-4H3. The Bertz CT molecular complexity index is 1970. The quantitative estimate of drug-likeness (QED) is 0.248. The fourth-order valence-corrected chi connectivity index (χ4v) is 6.27. The minimum Gasteiger partial charge on any atom is -0.307 e. The number of carbonyl (C=O) groups is 3. The summed E-state index contributed by atoms with van der Waals surface area (Å²) < 4.78 is 26.2. The number of fused-ring (bicyclic) bond motifs is 2. The van der Waals surface area contributed by atoms with E-state index in [-0.39, 0.29) is 13.1 Å². The predicted molar refractivity (Wildman–Crippen MR) is 175 cm³/mol. The maximum absolute atomic E-state index is 14.6. The van der Waals surface area contributed by atoms with Gasteiger partial charge in [-0.2, -0.15) is 10.4 Å². The van der Waals surface area contributed by atoms with E-state index >= 15 is 0 Å². The maximum Gasteiger partial charge on any atom is 0.246 e. The molecule has 3 unspecified atom stereocenters. The van der Waals surface area contributed by atoms with Crippen molar-refractivity contribution >= 4 is 50.2 Å². The number of hydrogen-bond acceptors (Lipinski definition) is 9. The zero-order chi connectivity index (χ0) is 33.2. The summed E-state index contributed by atoms with van der Waals surface area (Å²) >= 11 is 0. The molecule has 0 saturated heterocycles. The topological polar surface area (TPSA) is 158 Å². The Hall–Kier alpha value is -4.90. The fourth-order valence-electron chi connectivity index (χ4n) is 5.68. The number of anilines is 2. The van der Waals surface area contributed by atoms with E-state index in [2.05, 4.69) is 16.7 Å². The Kier molecular flexibility index (Phi) is 9.07. The van der Waals surface area contributed by atoms with E-state index in [9.17, 15) is 28.1 Å². The molecular formula is C33H35N7O5S. The predicted octanol–water partition coefficient (Wildman–Crippen LogP) is 2.35. The van der Waals surface area contributed by atoms with Crippen LogP contribution in [0, 0.1) is 11.3 Å². The lowest BCUT2D eigenvalue weighted by molar-refractivity contribution is -0.122. The van der Waals surface area contributed by atoms with Crippen LogP contribution in [-0.4, -0.2) is 79.5 Å². The summed E-state index contributed by atoms with van der Waals surface area (Å²) in [6.07, 6.45) is 1.73. The van der Waals surface area contributed by atoms with Crippen LogP contribution in [0.5, 0.6) is 0 Å². The Morgan fingerprint density at radius 1 is 1.04 bits per heavy atom. The molecule has 0 bridgehead atoms. The lowest BCUT2D eigenvalue weighted by Gasteiger charge is -2.34. The third-order valence-electron chi connectivity index (χ3n) is 8.25. The molecule has 0 radical (unpaired) electrons. The number of likely N-dealkylation sites (N-methyl/N-ethyl adjacent to an activating group) is 1. The number of amides is 2. The molecule has 3 atom stereocenters. The van der Waals surface area contributed by atoms with Crippen molar-refractivity contribution in [3.63, 3.8) is 0 Å². The highest BCUT2D eigenvalue weighted by atomic mass is 32.2. The lowest BCUT2D eigenvalue weighted by atomic mass is 10.0. The SMILES string of the molecule is CNC(C)(C=O)CNC1C(=O)N(Cc2nn(-c3ccccc3C#N)c3ccccc23)c2ccccc2N(C(=O)CS(C)(=O)=O)C1C. The average molecular weight is 642 g/mol. The molecule has 3 aromatic carbocycles. The maximum atomic E-state index is 14.6. The zero-order valence-electron chi connectivity index (χ0n) is 26.0. The van der Waals surface area contributed by atoms with Crippen LogP contribution in [0.15, 0.2) is 72.8 Å². The number of nitrogens with one attached hydrogen (secondary N) is 2. The lowest BCUT2D eigenvalue weighted by Crippen LogP contribution is -2.61.